The number of nitrogen functional groups attached to an aromatic ring is 1. The molecule has 1 aliphatic carbocycles. The molecule has 3 N–H and O–H groups in total. The molecule has 1 aromatic rings. The summed E-state index contributed by atoms with van der Waals surface area (Å²) >= 11 is 0. The first-order chi connectivity index (χ1) is 8.22. The maximum absolute atomic E-state index is 9.08. The van der Waals surface area contributed by atoms with Crippen molar-refractivity contribution in [3.05, 3.63) is 23.8 Å². The maximum atomic E-state index is 9.08. The Morgan fingerprint density at radius 2 is 2.29 bits per heavy atom. The van der Waals surface area contributed by atoms with Gasteiger partial charge in [-0.25, -0.2) is 0 Å². The summed E-state index contributed by atoms with van der Waals surface area (Å²) < 4.78 is 0. The lowest BCUT2D eigenvalue weighted by atomic mass is 10.1. The summed E-state index contributed by atoms with van der Waals surface area (Å²) in [5.41, 5.74) is 7.87. The van der Waals surface area contributed by atoms with Crippen LogP contribution in [0.3, 0.4) is 0 Å². The average Bonchev–Trinajstić information content (AvgIpc) is 3.14. The van der Waals surface area contributed by atoms with Gasteiger partial charge in [0.25, 0.3) is 0 Å². The highest BCUT2D eigenvalue weighted by Gasteiger charge is 2.24. The Hall–Kier alpha value is -1.69. The van der Waals surface area contributed by atoms with E-state index in [0.717, 1.165) is 18.0 Å². The minimum absolute atomic E-state index is 0.471. The number of nitrogens with two attached hydrogens (primary N) is 1. The van der Waals surface area contributed by atoms with Crippen LogP contribution in [0.25, 0.3) is 0 Å². The molecule has 1 atom stereocenters. The van der Waals surface area contributed by atoms with Crippen molar-refractivity contribution in [2.24, 2.45) is 5.92 Å². The molecule has 1 fully saturated rings. The van der Waals surface area contributed by atoms with Crippen LogP contribution in [-0.2, 0) is 0 Å². The molecule has 0 saturated heterocycles. The van der Waals surface area contributed by atoms with Crippen LogP contribution < -0.4 is 11.1 Å². The number of hydrogen-bond donors (Lipinski definition) is 2. The third-order valence-corrected chi connectivity index (χ3v) is 3.33. The Balaban J connectivity index is 2.07. The molecule has 0 spiro atoms. The molecule has 0 radical (unpaired) electrons. The molecule has 3 heteroatoms. The second-order valence-electron chi connectivity index (χ2n) is 4.85. The van der Waals surface area contributed by atoms with Gasteiger partial charge >= 0.3 is 0 Å². The predicted octanol–water partition coefficient (Wildman–Crippen LogP) is 3.13. The Labute approximate surface area is 103 Å². The minimum atomic E-state index is 0.471. The summed E-state index contributed by atoms with van der Waals surface area (Å²) in [7, 11) is 0. The van der Waals surface area contributed by atoms with E-state index in [4.69, 9.17) is 11.0 Å². The monoisotopic (exact) mass is 229 g/mol. The van der Waals surface area contributed by atoms with E-state index in [-0.39, 0.29) is 0 Å². The van der Waals surface area contributed by atoms with Gasteiger partial charge in [0.15, 0.2) is 0 Å². The smallest absolute Gasteiger partial charge is 0.101 e. The summed E-state index contributed by atoms with van der Waals surface area (Å²) in [6.07, 6.45) is 5.04. The van der Waals surface area contributed by atoms with Gasteiger partial charge in [0.05, 0.1) is 11.3 Å². The van der Waals surface area contributed by atoms with Gasteiger partial charge in [0.2, 0.25) is 0 Å². The van der Waals surface area contributed by atoms with Gasteiger partial charge in [-0.05, 0) is 37.0 Å². The fourth-order valence-corrected chi connectivity index (χ4v) is 2.08. The zero-order valence-corrected chi connectivity index (χ0v) is 10.2. The molecular weight excluding hydrogens is 210 g/mol. The van der Waals surface area contributed by atoms with Gasteiger partial charge in [-0.3, -0.25) is 0 Å². The number of nitrogens with zero attached hydrogens (tertiary/aromatic N) is 1. The van der Waals surface area contributed by atoms with Gasteiger partial charge in [0, 0.05) is 11.7 Å². The SMILES string of the molecule is CCC(CC1CC1)Nc1ccc(N)cc1C#N. The molecule has 0 bridgehead atoms. The van der Waals surface area contributed by atoms with Crippen molar-refractivity contribution < 1.29 is 0 Å². The molecule has 3 nitrogen and oxygen atoms in total. The first-order valence-electron chi connectivity index (χ1n) is 6.29. The second-order valence-corrected chi connectivity index (χ2v) is 4.85. The molecule has 0 heterocycles. The van der Waals surface area contributed by atoms with E-state index in [9.17, 15) is 0 Å². The number of anilines is 2. The normalized spacial score (nSPS) is 16.2. The molecule has 90 valence electrons. The molecule has 17 heavy (non-hydrogen) atoms. The molecule has 0 amide bonds. The molecule has 1 unspecified atom stereocenters. The van der Waals surface area contributed by atoms with E-state index in [1.807, 2.05) is 12.1 Å². The van der Waals surface area contributed by atoms with Crippen molar-refractivity contribution in [2.45, 2.75) is 38.6 Å². The van der Waals surface area contributed by atoms with Gasteiger partial charge in [0.1, 0.15) is 6.07 Å². The predicted molar refractivity (Wildman–Crippen MR) is 70.6 cm³/mol. The third kappa shape index (κ3) is 3.13. The van der Waals surface area contributed by atoms with Crippen LogP contribution >= 0.6 is 0 Å². The van der Waals surface area contributed by atoms with Crippen molar-refractivity contribution in [1.82, 2.24) is 0 Å². The van der Waals surface area contributed by atoms with Crippen LogP contribution in [0.1, 0.15) is 38.2 Å². The Bertz CT molecular complexity index is 430. The largest absolute Gasteiger partial charge is 0.399 e. The summed E-state index contributed by atoms with van der Waals surface area (Å²) in [6, 6.07) is 8.14. The standard InChI is InChI=1S/C14H19N3/c1-2-13(7-10-3-4-10)17-14-6-5-12(16)8-11(14)9-15/h5-6,8,10,13,17H,2-4,7,16H2,1H3. The van der Waals surface area contributed by atoms with Crippen LogP contribution in [0.2, 0.25) is 0 Å². The summed E-state index contributed by atoms with van der Waals surface area (Å²) in [5.74, 6) is 0.895. The van der Waals surface area contributed by atoms with Gasteiger partial charge in [-0.2, -0.15) is 5.26 Å². The zero-order valence-electron chi connectivity index (χ0n) is 10.2. The van der Waals surface area contributed by atoms with Crippen molar-refractivity contribution in [1.29, 1.82) is 5.26 Å². The highest BCUT2D eigenvalue weighted by atomic mass is 14.9. The molecule has 0 aromatic heterocycles. The van der Waals surface area contributed by atoms with Crippen molar-refractivity contribution in [3.63, 3.8) is 0 Å². The van der Waals surface area contributed by atoms with Crippen molar-refractivity contribution in [3.8, 4) is 6.07 Å². The maximum Gasteiger partial charge on any atom is 0.101 e. The minimum Gasteiger partial charge on any atom is -0.399 e. The van der Waals surface area contributed by atoms with E-state index in [0.29, 0.717) is 17.3 Å². The second kappa shape index (κ2) is 5.09. The Morgan fingerprint density at radius 1 is 1.53 bits per heavy atom. The topological polar surface area (TPSA) is 61.8 Å². The van der Waals surface area contributed by atoms with Crippen molar-refractivity contribution in [2.75, 3.05) is 11.1 Å². The number of nitrogens with one attached hydrogen (secondary N) is 1. The number of rotatable bonds is 5. The third-order valence-electron chi connectivity index (χ3n) is 3.33. The highest BCUT2D eigenvalue weighted by molar-refractivity contribution is 5.63. The van der Waals surface area contributed by atoms with Gasteiger partial charge in [-0.1, -0.05) is 19.8 Å². The fraction of sp³-hybridized carbons (Fsp3) is 0.500. The van der Waals surface area contributed by atoms with E-state index < -0.39 is 0 Å². The van der Waals surface area contributed by atoms with Gasteiger partial charge in [-0.15, -0.1) is 0 Å². The van der Waals surface area contributed by atoms with Crippen molar-refractivity contribution >= 4 is 11.4 Å². The Morgan fingerprint density at radius 3 is 2.88 bits per heavy atom. The number of benzene rings is 1. The highest BCUT2D eigenvalue weighted by Crippen LogP contribution is 2.35. The van der Waals surface area contributed by atoms with E-state index in [2.05, 4.69) is 18.3 Å². The van der Waals surface area contributed by atoms with Crippen LogP contribution in [0, 0.1) is 17.2 Å². The number of hydrogen-bond acceptors (Lipinski definition) is 3. The van der Waals surface area contributed by atoms with Crippen LogP contribution in [-0.4, -0.2) is 6.04 Å². The average molecular weight is 229 g/mol. The molecule has 1 saturated carbocycles. The molecular formula is C14H19N3. The molecule has 1 aromatic carbocycles. The summed E-state index contributed by atoms with van der Waals surface area (Å²) in [4.78, 5) is 0. The first kappa shape index (κ1) is 11.8. The van der Waals surface area contributed by atoms with E-state index in [1.54, 1.807) is 6.07 Å². The lowest BCUT2D eigenvalue weighted by molar-refractivity contribution is 0.587. The summed E-state index contributed by atoms with van der Waals surface area (Å²) in [5, 5.41) is 12.5. The lowest BCUT2D eigenvalue weighted by Gasteiger charge is -2.19. The van der Waals surface area contributed by atoms with E-state index in [1.165, 1.54) is 19.3 Å². The van der Waals surface area contributed by atoms with Crippen LogP contribution in [0.4, 0.5) is 11.4 Å². The fourth-order valence-electron chi connectivity index (χ4n) is 2.08. The molecule has 1 aliphatic rings. The molecule has 0 aliphatic heterocycles. The van der Waals surface area contributed by atoms with Gasteiger partial charge < -0.3 is 11.1 Å². The number of nitriles is 1. The Kier molecular flexibility index (Phi) is 3.53. The first-order valence-corrected chi connectivity index (χ1v) is 6.29. The summed E-state index contributed by atoms with van der Waals surface area (Å²) in [6.45, 7) is 2.18. The zero-order chi connectivity index (χ0) is 12.3. The lowest BCUT2D eigenvalue weighted by Crippen LogP contribution is -2.19. The molecule has 2 rings (SSSR count). The van der Waals surface area contributed by atoms with Crippen LogP contribution in [0.5, 0.6) is 0 Å². The van der Waals surface area contributed by atoms with Crippen LogP contribution in [0.15, 0.2) is 18.2 Å². The quantitative estimate of drug-likeness (QED) is 0.762. The van der Waals surface area contributed by atoms with E-state index >= 15 is 0 Å².